The topological polar surface area (TPSA) is 69.6 Å². The van der Waals surface area contributed by atoms with Crippen molar-refractivity contribution in [3.63, 3.8) is 0 Å². The predicted molar refractivity (Wildman–Crippen MR) is 64.6 cm³/mol. The van der Waals surface area contributed by atoms with E-state index in [1.807, 2.05) is 4.90 Å². The van der Waals surface area contributed by atoms with Crippen molar-refractivity contribution in [1.29, 1.82) is 0 Å². The number of nitrogens with one attached hydrogen (secondary N) is 1. The first-order chi connectivity index (χ1) is 8.63. The normalized spacial score (nSPS) is 35.5. The van der Waals surface area contributed by atoms with Crippen molar-refractivity contribution in [3.05, 3.63) is 0 Å². The molecule has 0 spiro atoms. The minimum Gasteiger partial charge on any atom is -0.393 e. The SMILES string of the molecule is O=C(NCC1CC(O)C1)C1CC(=O)N(C2CC2)C1. The Morgan fingerprint density at radius 3 is 2.72 bits per heavy atom. The van der Waals surface area contributed by atoms with E-state index in [-0.39, 0.29) is 23.8 Å². The van der Waals surface area contributed by atoms with Crippen molar-refractivity contribution in [2.24, 2.45) is 11.8 Å². The summed E-state index contributed by atoms with van der Waals surface area (Å²) >= 11 is 0. The van der Waals surface area contributed by atoms with Gasteiger partial charge in [0.15, 0.2) is 0 Å². The van der Waals surface area contributed by atoms with E-state index >= 15 is 0 Å². The smallest absolute Gasteiger partial charge is 0.225 e. The lowest BCUT2D eigenvalue weighted by molar-refractivity contribution is -0.129. The van der Waals surface area contributed by atoms with Crippen molar-refractivity contribution in [2.75, 3.05) is 13.1 Å². The molecule has 1 heterocycles. The lowest BCUT2D eigenvalue weighted by Crippen LogP contribution is -2.41. The van der Waals surface area contributed by atoms with Gasteiger partial charge >= 0.3 is 0 Å². The van der Waals surface area contributed by atoms with Crippen molar-refractivity contribution < 1.29 is 14.7 Å². The number of likely N-dealkylation sites (tertiary alicyclic amines) is 1. The second-order valence-corrected chi connectivity index (χ2v) is 5.91. The maximum Gasteiger partial charge on any atom is 0.225 e. The highest BCUT2D eigenvalue weighted by molar-refractivity contribution is 5.89. The van der Waals surface area contributed by atoms with Crippen LogP contribution in [0.2, 0.25) is 0 Å². The number of amides is 2. The molecule has 1 atom stereocenters. The summed E-state index contributed by atoms with van der Waals surface area (Å²) in [6.45, 7) is 1.24. The summed E-state index contributed by atoms with van der Waals surface area (Å²) in [4.78, 5) is 25.6. The molecule has 0 aromatic carbocycles. The minimum atomic E-state index is -0.176. The van der Waals surface area contributed by atoms with Crippen LogP contribution in [0.25, 0.3) is 0 Å². The first-order valence-electron chi connectivity index (χ1n) is 6.88. The van der Waals surface area contributed by atoms with E-state index in [1.165, 1.54) is 0 Å². The van der Waals surface area contributed by atoms with Gasteiger partial charge in [-0.05, 0) is 31.6 Å². The van der Waals surface area contributed by atoms with Gasteiger partial charge in [0, 0.05) is 25.6 Å². The molecule has 2 saturated carbocycles. The Balaban J connectivity index is 1.43. The second kappa shape index (κ2) is 4.53. The highest BCUT2D eigenvalue weighted by atomic mass is 16.3. The quantitative estimate of drug-likeness (QED) is 0.733. The fourth-order valence-corrected chi connectivity index (χ4v) is 2.90. The number of aliphatic hydroxyl groups is 1. The number of carbonyl (C=O) groups is 2. The number of nitrogens with zero attached hydrogens (tertiary/aromatic N) is 1. The van der Waals surface area contributed by atoms with Gasteiger partial charge in [-0.25, -0.2) is 0 Å². The van der Waals surface area contributed by atoms with Crippen LogP contribution in [0.4, 0.5) is 0 Å². The van der Waals surface area contributed by atoms with Crippen molar-refractivity contribution >= 4 is 11.8 Å². The van der Waals surface area contributed by atoms with Crippen LogP contribution in [0.3, 0.4) is 0 Å². The molecule has 5 nitrogen and oxygen atoms in total. The lowest BCUT2D eigenvalue weighted by Gasteiger charge is -2.31. The number of rotatable bonds is 4. The van der Waals surface area contributed by atoms with Crippen molar-refractivity contribution in [3.8, 4) is 0 Å². The summed E-state index contributed by atoms with van der Waals surface area (Å²) in [7, 11) is 0. The second-order valence-electron chi connectivity index (χ2n) is 5.91. The maximum absolute atomic E-state index is 12.0. The molecule has 2 aliphatic carbocycles. The molecular formula is C13H20N2O3. The first-order valence-corrected chi connectivity index (χ1v) is 6.88. The minimum absolute atomic E-state index is 0.00731. The molecule has 100 valence electrons. The number of aliphatic hydroxyl groups excluding tert-OH is 1. The van der Waals surface area contributed by atoms with Crippen LogP contribution in [0.5, 0.6) is 0 Å². The summed E-state index contributed by atoms with van der Waals surface area (Å²) in [6, 6.07) is 0.414. The molecular weight excluding hydrogens is 232 g/mol. The Hall–Kier alpha value is -1.10. The molecule has 0 radical (unpaired) electrons. The van der Waals surface area contributed by atoms with E-state index < -0.39 is 0 Å². The number of hydrogen-bond donors (Lipinski definition) is 2. The predicted octanol–water partition coefficient (Wildman–Crippen LogP) is -0.116. The van der Waals surface area contributed by atoms with E-state index in [0.29, 0.717) is 31.5 Å². The Morgan fingerprint density at radius 2 is 2.11 bits per heavy atom. The molecule has 3 aliphatic rings. The zero-order valence-corrected chi connectivity index (χ0v) is 10.5. The standard InChI is InChI=1S/C13H20N2O3/c16-11-3-8(4-11)6-14-13(18)9-5-12(17)15(7-9)10-1-2-10/h8-11,16H,1-7H2,(H,14,18). The van der Waals surface area contributed by atoms with E-state index in [4.69, 9.17) is 5.11 Å². The monoisotopic (exact) mass is 252 g/mol. The van der Waals surface area contributed by atoms with E-state index in [9.17, 15) is 9.59 Å². The van der Waals surface area contributed by atoms with Crippen LogP contribution < -0.4 is 5.32 Å². The Labute approximate surface area is 107 Å². The molecule has 3 fully saturated rings. The fourth-order valence-electron chi connectivity index (χ4n) is 2.90. The van der Waals surface area contributed by atoms with Crippen LogP contribution in [-0.4, -0.2) is 47.1 Å². The zero-order chi connectivity index (χ0) is 12.7. The Morgan fingerprint density at radius 1 is 1.39 bits per heavy atom. The maximum atomic E-state index is 12.0. The third-order valence-corrected chi connectivity index (χ3v) is 4.29. The van der Waals surface area contributed by atoms with E-state index in [2.05, 4.69) is 5.32 Å². The Kier molecular flexibility index (Phi) is 3.01. The van der Waals surface area contributed by atoms with Gasteiger partial charge in [-0.15, -0.1) is 0 Å². The number of hydrogen-bond acceptors (Lipinski definition) is 3. The molecule has 2 amide bonds. The summed E-state index contributed by atoms with van der Waals surface area (Å²) < 4.78 is 0. The molecule has 18 heavy (non-hydrogen) atoms. The average molecular weight is 252 g/mol. The van der Waals surface area contributed by atoms with Gasteiger partial charge in [-0.1, -0.05) is 0 Å². The molecule has 2 N–H and O–H groups in total. The average Bonchev–Trinajstić information content (AvgIpc) is 3.06. The zero-order valence-electron chi connectivity index (χ0n) is 10.5. The Bertz CT molecular complexity index is 361. The third kappa shape index (κ3) is 2.36. The van der Waals surface area contributed by atoms with Gasteiger partial charge in [0.1, 0.15) is 0 Å². The van der Waals surface area contributed by atoms with Crippen LogP contribution in [-0.2, 0) is 9.59 Å². The highest BCUT2D eigenvalue weighted by Crippen LogP contribution is 2.32. The van der Waals surface area contributed by atoms with E-state index in [1.54, 1.807) is 0 Å². The summed E-state index contributed by atoms with van der Waals surface area (Å²) in [5, 5.41) is 12.1. The van der Waals surface area contributed by atoms with E-state index in [0.717, 1.165) is 25.7 Å². The summed E-state index contributed by atoms with van der Waals surface area (Å²) in [5.41, 5.74) is 0. The van der Waals surface area contributed by atoms with Gasteiger partial charge in [0.2, 0.25) is 11.8 Å². The fraction of sp³-hybridized carbons (Fsp3) is 0.846. The van der Waals surface area contributed by atoms with Crippen LogP contribution >= 0.6 is 0 Å². The van der Waals surface area contributed by atoms with Crippen LogP contribution in [0.15, 0.2) is 0 Å². The highest BCUT2D eigenvalue weighted by Gasteiger charge is 2.41. The molecule has 1 saturated heterocycles. The van der Waals surface area contributed by atoms with Gasteiger partial charge in [0.25, 0.3) is 0 Å². The number of carbonyl (C=O) groups excluding carboxylic acids is 2. The van der Waals surface area contributed by atoms with Crippen molar-refractivity contribution in [1.82, 2.24) is 10.2 Å². The lowest BCUT2D eigenvalue weighted by atomic mass is 9.82. The van der Waals surface area contributed by atoms with Gasteiger partial charge in [0.05, 0.1) is 12.0 Å². The van der Waals surface area contributed by atoms with Crippen LogP contribution in [0.1, 0.15) is 32.1 Å². The molecule has 0 bridgehead atoms. The van der Waals surface area contributed by atoms with Crippen LogP contribution in [0, 0.1) is 11.8 Å². The molecule has 5 heteroatoms. The molecule has 0 aromatic rings. The van der Waals surface area contributed by atoms with Gasteiger partial charge < -0.3 is 15.3 Å². The molecule has 1 unspecified atom stereocenters. The third-order valence-electron chi connectivity index (χ3n) is 4.29. The summed E-state index contributed by atoms with van der Waals surface area (Å²) in [5.74, 6) is 0.397. The van der Waals surface area contributed by atoms with Crippen molar-refractivity contribution in [2.45, 2.75) is 44.2 Å². The molecule has 3 rings (SSSR count). The van der Waals surface area contributed by atoms with Gasteiger partial charge in [-0.2, -0.15) is 0 Å². The summed E-state index contributed by atoms with van der Waals surface area (Å²) in [6.07, 6.45) is 3.97. The van der Waals surface area contributed by atoms with Gasteiger partial charge in [-0.3, -0.25) is 9.59 Å². The molecule has 0 aromatic heterocycles. The molecule has 1 aliphatic heterocycles. The largest absolute Gasteiger partial charge is 0.393 e. The first kappa shape index (κ1) is 12.0.